The van der Waals surface area contributed by atoms with Crippen molar-refractivity contribution >= 4 is 10.9 Å². The zero-order chi connectivity index (χ0) is 13.5. The molecule has 20 heavy (non-hydrogen) atoms. The van der Waals surface area contributed by atoms with Crippen molar-refractivity contribution in [1.29, 1.82) is 0 Å². The van der Waals surface area contributed by atoms with Crippen LogP contribution in [-0.4, -0.2) is 4.98 Å². The minimum atomic E-state index is -0.220. The molecule has 0 fully saturated rings. The number of pyridine rings is 1. The molecule has 1 aliphatic carbocycles. The standard InChI is InChI=1S/C18H14FN/c19-13-9-10-15-17(11-13)20-16-8-4-7-14(16)18(15)12-5-2-1-3-6-12/h1-3,5-6,9-11H,4,7-8H2. The number of hydrogen-bond acceptors (Lipinski definition) is 1. The van der Waals surface area contributed by atoms with Crippen molar-refractivity contribution in [2.45, 2.75) is 19.3 Å². The molecular formula is C18H14FN. The number of benzene rings is 2. The number of aromatic nitrogens is 1. The first-order chi connectivity index (χ1) is 9.83. The Bertz CT molecular complexity index is 793. The number of hydrogen-bond donors (Lipinski definition) is 0. The van der Waals surface area contributed by atoms with Gasteiger partial charge in [-0.2, -0.15) is 0 Å². The average Bonchev–Trinajstić information content (AvgIpc) is 2.93. The van der Waals surface area contributed by atoms with E-state index >= 15 is 0 Å². The highest BCUT2D eigenvalue weighted by Crippen LogP contribution is 2.37. The number of nitrogens with zero attached hydrogens (tertiary/aromatic N) is 1. The molecule has 0 amide bonds. The summed E-state index contributed by atoms with van der Waals surface area (Å²) in [7, 11) is 0. The van der Waals surface area contributed by atoms with E-state index in [0.29, 0.717) is 0 Å². The third-order valence-electron chi connectivity index (χ3n) is 4.04. The maximum absolute atomic E-state index is 13.5. The molecule has 1 nitrogen and oxygen atoms in total. The van der Waals surface area contributed by atoms with Gasteiger partial charge < -0.3 is 0 Å². The first-order valence-corrected chi connectivity index (χ1v) is 6.99. The molecule has 0 saturated heterocycles. The summed E-state index contributed by atoms with van der Waals surface area (Å²) in [5, 5.41) is 1.05. The van der Waals surface area contributed by atoms with Crippen molar-refractivity contribution in [2.75, 3.05) is 0 Å². The Morgan fingerprint density at radius 3 is 2.65 bits per heavy atom. The fourth-order valence-corrected chi connectivity index (χ4v) is 3.17. The van der Waals surface area contributed by atoms with Crippen molar-refractivity contribution in [3.63, 3.8) is 0 Å². The molecule has 1 aromatic heterocycles. The van der Waals surface area contributed by atoms with Gasteiger partial charge in [0.1, 0.15) is 5.82 Å². The van der Waals surface area contributed by atoms with Crippen molar-refractivity contribution in [3.8, 4) is 11.1 Å². The van der Waals surface area contributed by atoms with E-state index in [1.165, 1.54) is 22.8 Å². The van der Waals surface area contributed by atoms with E-state index in [4.69, 9.17) is 0 Å². The lowest BCUT2D eigenvalue weighted by Crippen LogP contribution is -1.95. The van der Waals surface area contributed by atoms with Gasteiger partial charge in [-0.25, -0.2) is 4.39 Å². The van der Waals surface area contributed by atoms with Crippen molar-refractivity contribution in [3.05, 3.63) is 65.6 Å². The van der Waals surface area contributed by atoms with Gasteiger partial charge in [0.25, 0.3) is 0 Å². The highest BCUT2D eigenvalue weighted by atomic mass is 19.1. The van der Waals surface area contributed by atoms with Crippen LogP contribution in [0.3, 0.4) is 0 Å². The molecule has 0 N–H and O–H groups in total. The molecule has 2 aromatic carbocycles. The lowest BCUT2D eigenvalue weighted by molar-refractivity contribution is 0.629. The maximum Gasteiger partial charge on any atom is 0.125 e. The van der Waals surface area contributed by atoms with Crippen LogP contribution >= 0.6 is 0 Å². The van der Waals surface area contributed by atoms with Gasteiger partial charge in [0.15, 0.2) is 0 Å². The molecule has 2 heteroatoms. The minimum absolute atomic E-state index is 0.220. The second-order valence-corrected chi connectivity index (χ2v) is 5.29. The van der Waals surface area contributed by atoms with E-state index < -0.39 is 0 Å². The summed E-state index contributed by atoms with van der Waals surface area (Å²) < 4.78 is 13.5. The van der Waals surface area contributed by atoms with Crippen LogP contribution in [0.25, 0.3) is 22.0 Å². The zero-order valence-electron chi connectivity index (χ0n) is 11.1. The lowest BCUT2D eigenvalue weighted by Gasteiger charge is -2.12. The van der Waals surface area contributed by atoms with Crippen LogP contribution in [-0.2, 0) is 12.8 Å². The fourth-order valence-electron chi connectivity index (χ4n) is 3.17. The number of rotatable bonds is 1. The quantitative estimate of drug-likeness (QED) is 0.628. The summed E-state index contributed by atoms with van der Waals surface area (Å²) in [5.41, 5.74) is 5.69. The first-order valence-electron chi connectivity index (χ1n) is 6.99. The smallest absolute Gasteiger partial charge is 0.125 e. The molecule has 98 valence electrons. The Balaban J connectivity index is 2.12. The summed E-state index contributed by atoms with van der Waals surface area (Å²) in [6, 6.07) is 15.3. The Labute approximate surface area is 117 Å². The first kappa shape index (κ1) is 11.6. The molecular weight excluding hydrogens is 249 g/mol. The molecule has 0 bridgehead atoms. The van der Waals surface area contributed by atoms with E-state index in [2.05, 4.69) is 17.1 Å². The van der Waals surface area contributed by atoms with Gasteiger partial charge in [0.2, 0.25) is 0 Å². The predicted octanol–water partition coefficient (Wildman–Crippen LogP) is 4.53. The third kappa shape index (κ3) is 1.72. The zero-order valence-corrected chi connectivity index (χ0v) is 11.1. The number of aryl methyl sites for hydroxylation is 1. The fraction of sp³-hybridized carbons (Fsp3) is 0.167. The summed E-state index contributed by atoms with van der Waals surface area (Å²) in [6.45, 7) is 0. The topological polar surface area (TPSA) is 12.9 Å². The van der Waals surface area contributed by atoms with Crippen LogP contribution in [0.2, 0.25) is 0 Å². The van der Waals surface area contributed by atoms with Gasteiger partial charge in [-0.15, -0.1) is 0 Å². The minimum Gasteiger partial charge on any atom is -0.252 e. The van der Waals surface area contributed by atoms with Crippen LogP contribution < -0.4 is 0 Å². The Morgan fingerprint density at radius 1 is 0.950 bits per heavy atom. The molecule has 0 aliphatic heterocycles. The van der Waals surface area contributed by atoms with Gasteiger partial charge in [0, 0.05) is 17.1 Å². The molecule has 0 unspecified atom stereocenters. The van der Waals surface area contributed by atoms with Crippen LogP contribution in [0.15, 0.2) is 48.5 Å². The number of fused-ring (bicyclic) bond motifs is 2. The van der Waals surface area contributed by atoms with Gasteiger partial charge in [-0.05, 0) is 48.1 Å². The summed E-state index contributed by atoms with van der Waals surface area (Å²) in [6.07, 6.45) is 3.21. The van der Waals surface area contributed by atoms with E-state index in [9.17, 15) is 4.39 Å². The van der Waals surface area contributed by atoms with E-state index in [1.54, 1.807) is 6.07 Å². The van der Waals surface area contributed by atoms with E-state index in [1.807, 2.05) is 24.3 Å². The predicted molar refractivity (Wildman–Crippen MR) is 79.2 cm³/mol. The molecule has 0 spiro atoms. The summed E-state index contributed by atoms with van der Waals surface area (Å²) in [4.78, 5) is 4.66. The Kier molecular flexibility index (Phi) is 2.56. The molecule has 0 saturated carbocycles. The van der Waals surface area contributed by atoms with Crippen LogP contribution in [0.5, 0.6) is 0 Å². The second-order valence-electron chi connectivity index (χ2n) is 5.29. The van der Waals surface area contributed by atoms with Gasteiger partial charge >= 0.3 is 0 Å². The van der Waals surface area contributed by atoms with Crippen LogP contribution in [0.1, 0.15) is 17.7 Å². The van der Waals surface area contributed by atoms with Crippen LogP contribution in [0.4, 0.5) is 4.39 Å². The SMILES string of the molecule is Fc1ccc2c(-c3ccccc3)c3c(nc2c1)CCC3. The molecule has 0 radical (unpaired) electrons. The van der Waals surface area contributed by atoms with Gasteiger partial charge in [-0.1, -0.05) is 30.3 Å². The van der Waals surface area contributed by atoms with E-state index in [0.717, 1.165) is 35.9 Å². The summed E-state index contributed by atoms with van der Waals surface area (Å²) in [5.74, 6) is -0.220. The van der Waals surface area contributed by atoms with Crippen molar-refractivity contribution in [1.82, 2.24) is 4.98 Å². The Morgan fingerprint density at radius 2 is 1.80 bits per heavy atom. The monoisotopic (exact) mass is 263 g/mol. The normalized spacial score (nSPS) is 13.7. The largest absolute Gasteiger partial charge is 0.252 e. The lowest BCUT2D eigenvalue weighted by atomic mass is 9.95. The van der Waals surface area contributed by atoms with Gasteiger partial charge in [0.05, 0.1) is 5.52 Å². The Hall–Kier alpha value is -2.22. The highest BCUT2D eigenvalue weighted by molar-refractivity contribution is 5.96. The average molecular weight is 263 g/mol. The molecule has 0 atom stereocenters. The van der Waals surface area contributed by atoms with Gasteiger partial charge in [-0.3, -0.25) is 4.98 Å². The third-order valence-corrected chi connectivity index (χ3v) is 4.04. The van der Waals surface area contributed by atoms with Crippen molar-refractivity contribution < 1.29 is 4.39 Å². The second kappa shape index (κ2) is 4.41. The molecule has 3 aromatic rings. The molecule has 1 heterocycles. The molecule has 4 rings (SSSR count). The highest BCUT2D eigenvalue weighted by Gasteiger charge is 2.20. The number of halogens is 1. The van der Waals surface area contributed by atoms with E-state index in [-0.39, 0.29) is 5.82 Å². The maximum atomic E-state index is 13.5. The molecule has 1 aliphatic rings. The van der Waals surface area contributed by atoms with Crippen LogP contribution in [0, 0.1) is 5.82 Å². The van der Waals surface area contributed by atoms with Crippen molar-refractivity contribution in [2.24, 2.45) is 0 Å². The summed E-state index contributed by atoms with van der Waals surface area (Å²) >= 11 is 0.